The highest BCUT2D eigenvalue weighted by Gasteiger charge is 2.21. The number of nitrogens with zero attached hydrogens (tertiary/aromatic N) is 1. The first kappa shape index (κ1) is 8.50. The molecule has 0 bridgehead atoms. The first-order valence-corrected chi connectivity index (χ1v) is 7.92. The molecule has 0 spiro atoms. The molecule has 2 nitrogen and oxygen atoms in total. The van der Waals surface area contributed by atoms with Crippen molar-refractivity contribution in [2.24, 2.45) is 0 Å². The molecule has 0 N–H and O–H groups in total. The van der Waals surface area contributed by atoms with E-state index in [1.807, 2.05) is 12.1 Å². The summed E-state index contributed by atoms with van der Waals surface area (Å²) >= 11 is 0. The normalized spacial score (nSPS) is 12.2. The lowest BCUT2D eigenvalue weighted by atomic mass is 10.3. The van der Waals surface area contributed by atoms with E-state index in [4.69, 9.17) is 4.42 Å². The Bertz CT molecular complexity index is 395. The smallest absolute Gasteiger partial charge is 0.225 e. The first-order chi connectivity index (χ1) is 6.07. The highest BCUT2D eigenvalue weighted by atomic mass is 28.3. The summed E-state index contributed by atoms with van der Waals surface area (Å²) in [6.45, 7) is 6.81. The summed E-state index contributed by atoms with van der Waals surface area (Å²) in [6.07, 6.45) is 1.76. The van der Waals surface area contributed by atoms with Gasteiger partial charge in [-0.25, -0.2) is 4.98 Å². The summed E-state index contributed by atoms with van der Waals surface area (Å²) < 4.78 is 5.68. The quantitative estimate of drug-likeness (QED) is 0.647. The Morgan fingerprint density at radius 1 is 1.31 bits per heavy atom. The second-order valence-corrected chi connectivity index (χ2v) is 9.25. The predicted molar refractivity (Wildman–Crippen MR) is 57.0 cm³/mol. The molecule has 0 fully saturated rings. The van der Waals surface area contributed by atoms with E-state index in [-0.39, 0.29) is 0 Å². The molecule has 2 aromatic heterocycles. The molecule has 0 aliphatic carbocycles. The standard InChI is InChI=1S/C10H13NOSi/c1-13(2,3)9-7-8-5-4-6-11-10(8)12-9/h4-7H,1-3H3. The van der Waals surface area contributed by atoms with Crippen LogP contribution in [0.2, 0.25) is 19.6 Å². The lowest BCUT2D eigenvalue weighted by Crippen LogP contribution is -2.36. The van der Waals surface area contributed by atoms with Crippen LogP contribution in [0.3, 0.4) is 0 Å². The van der Waals surface area contributed by atoms with Crippen molar-refractivity contribution in [3.8, 4) is 0 Å². The Balaban J connectivity index is 2.63. The number of pyridine rings is 1. The molecule has 0 aliphatic heterocycles. The highest BCUT2D eigenvalue weighted by Crippen LogP contribution is 2.13. The lowest BCUT2D eigenvalue weighted by molar-refractivity contribution is 0.634. The summed E-state index contributed by atoms with van der Waals surface area (Å²) in [4.78, 5) is 4.17. The zero-order valence-corrected chi connectivity index (χ0v) is 9.16. The topological polar surface area (TPSA) is 26.0 Å². The third-order valence-corrected chi connectivity index (χ3v) is 3.76. The molecule has 0 aromatic carbocycles. The van der Waals surface area contributed by atoms with Gasteiger partial charge in [-0.1, -0.05) is 19.6 Å². The Morgan fingerprint density at radius 2 is 2.08 bits per heavy atom. The summed E-state index contributed by atoms with van der Waals surface area (Å²) in [5.74, 6) is 0. The van der Waals surface area contributed by atoms with Crippen LogP contribution in [0.5, 0.6) is 0 Å². The summed E-state index contributed by atoms with van der Waals surface area (Å²) in [5.41, 5.74) is 0.764. The molecule has 68 valence electrons. The molecule has 0 atom stereocenters. The highest BCUT2D eigenvalue weighted by molar-refractivity contribution is 6.87. The molecule has 0 aliphatic rings. The molecule has 0 saturated heterocycles. The van der Waals surface area contributed by atoms with Crippen LogP contribution in [0, 0.1) is 0 Å². The van der Waals surface area contributed by atoms with E-state index in [9.17, 15) is 0 Å². The van der Waals surface area contributed by atoms with Crippen molar-refractivity contribution in [2.75, 3.05) is 0 Å². The van der Waals surface area contributed by atoms with Gasteiger partial charge in [0.2, 0.25) is 5.71 Å². The number of fused-ring (bicyclic) bond motifs is 1. The van der Waals surface area contributed by atoms with Gasteiger partial charge >= 0.3 is 0 Å². The van der Waals surface area contributed by atoms with Crippen LogP contribution in [-0.4, -0.2) is 13.1 Å². The monoisotopic (exact) mass is 191 g/mol. The first-order valence-electron chi connectivity index (χ1n) is 4.42. The van der Waals surface area contributed by atoms with E-state index in [2.05, 4.69) is 30.7 Å². The van der Waals surface area contributed by atoms with Crippen LogP contribution in [0.4, 0.5) is 0 Å². The molecule has 0 amide bonds. The maximum Gasteiger partial charge on any atom is 0.225 e. The molecule has 2 heterocycles. The van der Waals surface area contributed by atoms with E-state index in [0.29, 0.717) is 0 Å². The summed E-state index contributed by atoms with van der Waals surface area (Å²) in [7, 11) is -1.32. The van der Waals surface area contributed by atoms with Crippen LogP contribution >= 0.6 is 0 Å². The molecule has 3 heteroatoms. The minimum Gasteiger partial charge on any atom is -0.448 e. The summed E-state index contributed by atoms with van der Waals surface area (Å²) in [5, 5.41) is 2.24. The van der Waals surface area contributed by atoms with Crippen molar-refractivity contribution in [3.05, 3.63) is 24.4 Å². The number of aromatic nitrogens is 1. The van der Waals surface area contributed by atoms with Gasteiger partial charge in [0.15, 0.2) is 0 Å². The maximum atomic E-state index is 5.68. The van der Waals surface area contributed by atoms with Gasteiger partial charge in [-0.3, -0.25) is 0 Å². The molecule has 2 rings (SSSR count). The minimum absolute atomic E-state index is 0.764. The Labute approximate surface area is 78.6 Å². The van der Waals surface area contributed by atoms with Gasteiger partial charge in [-0.15, -0.1) is 0 Å². The van der Waals surface area contributed by atoms with Gasteiger partial charge in [0.05, 0.1) is 5.38 Å². The average Bonchev–Trinajstić information content (AvgIpc) is 2.45. The van der Waals surface area contributed by atoms with E-state index in [0.717, 1.165) is 16.5 Å². The van der Waals surface area contributed by atoms with Crippen molar-refractivity contribution < 1.29 is 4.42 Å². The Kier molecular flexibility index (Phi) is 1.77. The number of rotatable bonds is 1. The van der Waals surface area contributed by atoms with Gasteiger partial charge in [-0.05, 0) is 18.2 Å². The van der Waals surface area contributed by atoms with Crippen molar-refractivity contribution in [3.63, 3.8) is 0 Å². The third kappa shape index (κ3) is 1.51. The van der Waals surface area contributed by atoms with Crippen molar-refractivity contribution in [1.29, 1.82) is 0 Å². The lowest BCUT2D eigenvalue weighted by Gasteiger charge is -2.10. The minimum atomic E-state index is -1.32. The van der Waals surface area contributed by atoms with Crippen molar-refractivity contribution in [1.82, 2.24) is 4.98 Å². The third-order valence-electron chi connectivity index (χ3n) is 2.03. The van der Waals surface area contributed by atoms with Crippen LogP contribution in [0.1, 0.15) is 0 Å². The van der Waals surface area contributed by atoms with E-state index >= 15 is 0 Å². The Morgan fingerprint density at radius 3 is 2.69 bits per heavy atom. The Hall–Kier alpha value is -1.09. The van der Waals surface area contributed by atoms with Crippen LogP contribution < -0.4 is 5.38 Å². The fraction of sp³-hybridized carbons (Fsp3) is 0.300. The second kappa shape index (κ2) is 2.70. The molecule has 2 aromatic rings. The zero-order valence-electron chi connectivity index (χ0n) is 8.16. The molecule has 0 unspecified atom stereocenters. The van der Waals surface area contributed by atoms with E-state index in [1.54, 1.807) is 6.20 Å². The molecule has 13 heavy (non-hydrogen) atoms. The number of hydrogen-bond donors (Lipinski definition) is 0. The SMILES string of the molecule is C[Si](C)(C)c1cc2cccnc2o1. The zero-order chi connectivity index (χ0) is 9.47. The van der Waals surface area contributed by atoms with Gasteiger partial charge < -0.3 is 4.42 Å². The number of furan rings is 1. The number of hydrogen-bond acceptors (Lipinski definition) is 2. The van der Waals surface area contributed by atoms with Gasteiger partial charge in [0.1, 0.15) is 8.07 Å². The predicted octanol–water partition coefficient (Wildman–Crippen LogP) is 2.37. The second-order valence-electron chi connectivity index (χ2n) is 4.26. The fourth-order valence-corrected chi connectivity index (χ4v) is 2.23. The molecular formula is C10H13NOSi. The fourth-order valence-electron chi connectivity index (χ4n) is 1.24. The average molecular weight is 191 g/mol. The van der Waals surface area contributed by atoms with Crippen LogP contribution in [0.15, 0.2) is 28.8 Å². The van der Waals surface area contributed by atoms with Gasteiger partial charge in [-0.2, -0.15) is 0 Å². The molecule has 0 saturated carbocycles. The maximum absolute atomic E-state index is 5.68. The molecule has 0 radical (unpaired) electrons. The van der Waals surface area contributed by atoms with E-state index < -0.39 is 8.07 Å². The van der Waals surface area contributed by atoms with Crippen LogP contribution in [0.25, 0.3) is 11.1 Å². The molecular weight excluding hydrogens is 178 g/mol. The van der Waals surface area contributed by atoms with Gasteiger partial charge in [0.25, 0.3) is 0 Å². The van der Waals surface area contributed by atoms with Crippen molar-refractivity contribution in [2.45, 2.75) is 19.6 Å². The van der Waals surface area contributed by atoms with E-state index in [1.165, 1.54) is 0 Å². The van der Waals surface area contributed by atoms with Crippen LogP contribution in [-0.2, 0) is 0 Å². The summed E-state index contributed by atoms with van der Waals surface area (Å²) in [6, 6.07) is 6.09. The van der Waals surface area contributed by atoms with Gasteiger partial charge in [0, 0.05) is 11.6 Å². The largest absolute Gasteiger partial charge is 0.448 e. The van der Waals surface area contributed by atoms with Crippen molar-refractivity contribution >= 4 is 24.6 Å².